The minimum Gasteiger partial charge on any atom is -0.440 e. The quantitative estimate of drug-likeness (QED) is 0.483. The van der Waals surface area contributed by atoms with Gasteiger partial charge in [0.05, 0.1) is 10.6 Å². The minimum atomic E-state index is -0.807. The van der Waals surface area contributed by atoms with Crippen molar-refractivity contribution in [2.45, 2.75) is 17.9 Å². The summed E-state index contributed by atoms with van der Waals surface area (Å²) in [6, 6.07) is 4.10. The Bertz CT molecular complexity index is 585. The second-order valence-corrected chi connectivity index (χ2v) is 4.48. The summed E-state index contributed by atoms with van der Waals surface area (Å²) in [5.74, 6) is -0.578. The molecule has 0 unspecified atom stereocenters. The predicted octanol–water partition coefficient (Wildman–Crippen LogP) is 3.32. The number of halogens is 1. The second kappa shape index (κ2) is 5.18. The van der Waals surface area contributed by atoms with Crippen LogP contribution in [0.15, 0.2) is 34.1 Å². The first-order valence-electron chi connectivity index (χ1n) is 5.04. The molecule has 2 aromatic rings. The van der Waals surface area contributed by atoms with E-state index in [1.54, 1.807) is 6.92 Å². The molecule has 0 fully saturated rings. The SMILES string of the molecule is Cc1coc(SCc2cccc([N+](=O)[O-])c2F)n1. The zero-order valence-electron chi connectivity index (χ0n) is 9.42. The molecular formula is C11H9FN2O3S. The molecule has 0 aliphatic carbocycles. The number of nitro groups is 1. The third-order valence-corrected chi connectivity index (χ3v) is 3.09. The molecule has 0 radical (unpaired) electrons. The molecule has 0 atom stereocenters. The first-order valence-corrected chi connectivity index (χ1v) is 6.03. The molecule has 0 saturated carbocycles. The maximum atomic E-state index is 13.7. The first-order chi connectivity index (χ1) is 8.58. The predicted molar refractivity (Wildman–Crippen MR) is 63.9 cm³/mol. The summed E-state index contributed by atoms with van der Waals surface area (Å²) in [5, 5.41) is 11.0. The summed E-state index contributed by atoms with van der Waals surface area (Å²) in [5.41, 5.74) is 0.471. The average molecular weight is 268 g/mol. The van der Waals surface area contributed by atoms with Crippen molar-refractivity contribution in [1.82, 2.24) is 4.98 Å². The van der Waals surface area contributed by atoms with Gasteiger partial charge in [-0.05, 0) is 6.92 Å². The highest BCUT2D eigenvalue weighted by molar-refractivity contribution is 7.98. The Morgan fingerprint density at radius 3 is 2.94 bits per heavy atom. The molecule has 1 heterocycles. The van der Waals surface area contributed by atoms with E-state index in [1.807, 2.05) is 0 Å². The molecule has 2 rings (SSSR count). The third kappa shape index (κ3) is 2.67. The molecule has 18 heavy (non-hydrogen) atoms. The number of rotatable bonds is 4. The second-order valence-electron chi connectivity index (χ2n) is 3.55. The Kier molecular flexibility index (Phi) is 3.61. The maximum Gasteiger partial charge on any atom is 0.305 e. The lowest BCUT2D eigenvalue weighted by molar-refractivity contribution is -0.387. The van der Waals surface area contributed by atoms with Crippen molar-refractivity contribution >= 4 is 17.4 Å². The van der Waals surface area contributed by atoms with Crippen molar-refractivity contribution in [2.75, 3.05) is 0 Å². The number of aryl methyl sites for hydroxylation is 1. The van der Waals surface area contributed by atoms with E-state index in [0.29, 0.717) is 5.22 Å². The molecule has 0 aliphatic rings. The molecule has 1 aromatic heterocycles. The molecule has 0 saturated heterocycles. The first kappa shape index (κ1) is 12.6. The van der Waals surface area contributed by atoms with E-state index in [0.717, 1.165) is 11.8 Å². The number of thioether (sulfide) groups is 1. The fraction of sp³-hybridized carbons (Fsp3) is 0.182. The van der Waals surface area contributed by atoms with Crippen LogP contribution in [0.2, 0.25) is 0 Å². The molecule has 0 spiro atoms. The standard InChI is InChI=1S/C11H9FN2O3S/c1-7-5-17-11(13-7)18-6-8-3-2-4-9(10(8)12)14(15)16/h2-5H,6H2,1H3. The van der Waals surface area contributed by atoms with Crippen LogP contribution in [-0.4, -0.2) is 9.91 Å². The van der Waals surface area contributed by atoms with Gasteiger partial charge < -0.3 is 4.42 Å². The van der Waals surface area contributed by atoms with Crippen LogP contribution in [0.4, 0.5) is 10.1 Å². The number of nitrogens with zero attached hydrogens (tertiary/aromatic N) is 2. The lowest BCUT2D eigenvalue weighted by Crippen LogP contribution is -1.96. The lowest BCUT2D eigenvalue weighted by atomic mass is 10.2. The van der Waals surface area contributed by atoms with Crippen molar-refractivity contribution in [3.8, 4) is 0 Å². The van der Waals surface area contributed by atoms with Crippen molar-refractivity contribution < 1.29 is 13.7 Å². The van der Waals surface area contributed by atoms with Gasteiger partial charge in [-0.3, -0.25) is 10.1 Å². The lowest BCUT2D eigenvalue weighted by Gasteiger charge is -2.01. The van der Waals surface area contributed by atoms with Gasteiger partial charge in [0.25, 0.3) is 5.22 Å². The van der Waals surface area contributed by atoms with Gasteiger partial charge in [-0.15, -0.1) is 0 Å². The van der Waals surface area contributed by atoms with E-state index in [1.165, 1.54) is 30.2 Å². The van der Waals surface area contributed by atoms with Gasteiger partial charge in [-0.25, -0.2) is 4.98 Å². The Balaban J connectivity index is 2.14. The number of hydrogen-bond acceptors (Lipinski definition) is 5. The summed E-state index contributed by atoms with van der Waals surface area (Å²) in [7, 11) is 0. The van der Waals surface area contributed by atoms with Crippen LogP contribution in [-0.2, 0) is 5.75 Å². The molecule has 0 amide bonds. The normalized spacial score (nSPS) is 10.6. The molecule has 1 aromatic carbocycles. The van der Waals surface area contributed by atoms with Gasteiger partial charge in [-0.1, -0.05) is 23.9 Å². The van der Waals surface area contributed by atoms with Crippen LogP contribution in [0.5, 0.6) is 0 Å². The van der Waals surface area contributed by atoms with Crippen LogP contribution >= 0.6 is 11.8 Å². The van der Waals surface area contributed by atoms with E-state index in [4.69, 9.17) is 4.42 Å². The van der Waals surface area contributed by atoms with Gasteiger partial charge in [0, 0.05) is 17.4 Å². The summed E-state index contributed by atoms with van der Waals surface area (Å²) >= 11 is 1.19. The number of hydrogen-bond donors (Lipinski definition) is 0. The average Bonchev–Trinajstić information content (AvgIpc) is 2.73. The van der Waals surface area contributed by atoms with Crippen molar-refractivity contribution in [2.24, 2.45) is 0 Å². The highest BCUT2D eigenvalue weighted by atomic mass is 32.2. The highest BCUT2D eigenvalue weighted by Gasteiger charge is 2.17. The Labute approximate surface area is 106 Å². The van der Waals surface area contributed by atoms with Crippen molar-refractivity contribution in [1.29, 1.82) is 0 Å². The van der Waals surface area contributed by atoms with Gasteiger partial charge >= 0.3 is 5.69 Å². The van der Waals surface area contributed by atoms with Crippen LogP contribution < -0.4 is 0 Å². The Morgan fingerprint density at radius 2 is 2.33 bits per heavy atom. The molecule has 5 nitrogen and oxygen atoms in total. The summed E-state index contributed by atoms with van der Waals surface area (Å²) < 4.78 is 18.8. The Hall–Kier alpha value is -1.89. The molecule has 94 valence electrons. The zero-order chi connectivity index (χ0) is 13.1. The fourth-order valence-electron chi connectivity index (χ4n) is 1.36. The Morgan fingerprint density at radius 1 is 1.56 bits per heavy atom. The molecule has 7 heteroatoms. The summed E-state index contributed by atoms with van der Waals surface area (Å²) in [6.07, 6.45) is 1.49. The number of nitro benzene ring substituents is 1. The number of oxazole rings is 1. The smallest absolute Gasteiger partial charge is 0.305 e. The van der Waals surface area contributed by atoms with Gasteiger partial charge in [-0.2, -0.15) is 4.39 Å². The number of aromatic nitrogens is 1. The van der Waals surface area contributed by atoms with E-state index in [9.17, 15) is 14.5 Å². The van der Waals surface area contributed by atoms with Crippen LogP contribution in [0.3, 0.4) is 0 Å². The van der Waals surface area contributed by atoms with Crippen molar-refractivity contribution in [3.05, 3.63) is 51.7 Å². The number of benzene rings is 1. The highest BCUT2D eigenvalue weighted by Crippen LogP contribution is 2.27. The summed E-state index contributed by atoms with van der Waals surface area (Å²) in [6.45, 7) is 1.78. The molecular weight excluding hydrogens is 259 g/mol. The molecule has 0 bridgehead atoms. The zero-order valence-corrected chi connectivity index (χ0v) is 10.2. The topological polar surface area (TPSA) is 69.2 Å². The van der Waals surface area contributed by atoms with Crippen LogP contribution in [0, 0.1) is 22.9 Å². The largest absolute Gasteiger partial charge is 0.440 e. The monoisotopic (exact) mass is 268 g/mol. The molecule has 0 aliphatic heterocycles. The maximum absolute atomic E-state index is 13.7. The molecule has 0 N–H and O–H groups in total. The van der Waals surface area contributed by atoms with E-state index in [-0.39, 0.29) is 11.3 Å². The van der Waals surface area contributed by atoms with Gasteiger partial charge in [0.1, 0.15) is 6.26 Å². The van der Waals surface area contributed by atoms with Crippen molar-refractivity contribution in [3.63, 3.8) is 0 Å². The summed E-state index contributed by atoms with van der Waals surface area (Å²) in [4.78, 5) is 13.9. The van der Waals surface area contributed by atoms with Crippen LogP contribution in [0.1, 0.15) is 11.3 Å². The third-order valence-electron chi connectivity index (χ3n) is 2.20. The minimum absolute atomic E-state index is 0.230. The van der Waals surface area contributed by atoms with Gasteiger partial charge in [0.2, 0.25) is 5.82 Å². The van der Waals surface area contributed by atoms with E-state index in [2.05, 4.69) is 4.98 Å². The fourth-order valence-corrected chi connectivity index (χ4v) is 2.18. The van der Waals surface area contributed by atoms with Gasteiger partial charge in [0.15, 0.2) is 0 Å². The van der Waals surface area contributed by atoms with E-state index >= 15 is 0 Å². The van der Waals surface area contributed by atoms with E-state index < -0.39 is 16.4 Å². The van der Waals surface area contributed by atoms with Crippen LogP contribution in [0.25, 0.3) is 0 Å².